The Morgan fingerprint density at radius 1 is 1.29 bits per heavy atom. The fraction of sp³-hybridized carbons (Fsp3) is 0.455. The van der Waals surface area contributed by atoms with Crippen LogP contribution in [0, 0.1) is 0 Å². The Hall–Kier alpha value is -0.450. The molecule has 0 fully saturated rings. The maximum Gasteiger partial charge on any atom is 0.390 e. The van der Waals surface area contributed by atoms with Crippen molar-refractivity contribution in [1.82, 2.24) is 5.32 Å². The molecule has 0 saturated carbocycles. The van der Waals surface area contributed by atoms with Crippen LogP contribution in [0.5, 0.6) is 0 Å². The normalized spacial score (nSPS) is 13.8. The van der Waals surface area contributed by atoms with Crippen LogP contribution >= 0.6 is 23.2 Å². The summed E-state index contributed by atoms with van der Waals surface area (Å²) < 4.78 is 37.3. The SMILES string of the molecule is CCNC(CC(F)(F)F)c1cccc(Cl)c1Cl. The molecule has 1 aromatic carbocycles. The van der Waals surface area contributed by atoms with Gasteiger partial charge in [-0.25, -0.2) is 0 Å². The van der Waals surface area contributed by atoms with Crippen molar-refractivity contribution < 1.29 is 13.2 Å². The third-order valence-electron chi connectivity index (χ3n) is 2.24. The highest BCUT2D eigenvalue weighted by molar-refractivity contribution is 6.42. The molecule has 1 unspecified atom stereocenters. The van der Waals surface area contributed by atoms with Gasteiger partial charge in [-0.2, -0.15) is 13.2 Å². The highest BCUT2D eigenvalue weighted by Gasteiger charge is 2.33. The number of hydrogen-bond acceptors (Lipinski definition) is 1. The van der Waals surface area contributed by atoms with Gasteiger partial charge in [0.15, 0.2) is 0 Å². The molecule has 1 N–H and O–H groups in total. The van der Waals surface area contributed by atoms with Gasteiger partial charge in [-0.15, -0.1) is 0 Å². The van der Waals surface area contributed by atoms with Crippen LogP contribution in [0.4, 0.5) is 13.2 Å². The summed E-state index contributed by atoms with van der Waals surface area (Å²) in [5, 5.41) is 3.19. The number of alkyl halides is 3. The molecule has 0 spiro atoms. The first kappa shape index (κ1) is 14.6. The molecule has 96 valence electrons. The molecule has 0 heterocycles. The summed E-state index contributed by atoms with van der Waals surface area (Å²) in [7, 11) is 0. The Morgan fingerprint density at radius 3 is 2.47 bits per heavy atom. The van der Waals surface area contributed by atoms with Crippen LogP contribution in [-0.2, 0) is 0 Å². The van der Waals surface area contributed by atoms with E-state index in [9.17, 15) is 13.2 Å². The second kappa shape index (κ2) is 5.94. The van der Waals surface area contributed by atoms with Gasteiger partial charge in [0, 0.05) is 6.04 Å². The summed E-state index contributed by atoms with van der Waals surface area (Å²) in [4.78, 5) is 0. The molecule has 0 radical (unpaired) electrons. The monoisotopic (exact) mass is 285 g/mol. The third kappa shape index (κ3) is 4.37. The second-order valence-electron chi connectivity index (χ2n) is 3.57. The van der Waals surface area contributed by atoms with Crippen molar-refractivity contribution in [3.63, 3.8) is 0 Å². The molecule has 0 aliphatic carbocycles. The van der Waals surface area contributed by atoms with Gasteiger partial charge in [-0.3, -0.25) is 0 Å². The van der Waals surface area contributed by atoms with Crippen molar-refractivity contribution in [3.8, 4) is 0 Å². The van der Waals surface area contributed by atoms with Crippen molar-refractivity contribution in [2.45, 2.75) is 25.6 Å². The molecule has 0 amide bonds. The largest absolute Gasteiger partial charge is 0.390 e. The van der Waals surface area contributed by atoms with Gasteiger partial charge in [0.2, 0.25) is 0 Å². The predicted molar refractivity (Wildman–Crippen MR) is 63.6 cm³/mol. The molecule has 6 heteroatoms. The molecule has 0 bridgehead atoms. The molecule has 1 atom stereocenters. The molecule has 1 rings (SSSR count). The Balaban J connectivity index is 3.01. The number of halogens is 5. The van der Waals surface area contributed by atoms with Gasteiger partial charge in [-0.05, 0) is 18.2 Å². The average molecular weight is 286 g/mol. The van der Waals surface area contributed by atoms with E-state index in [-0.39, 0.29) is 10.0 Å². The van der Waals surface area contributed by atoms with Gasteiger partial charge in [-0.1, -0.05) is 42.3 Å². The highest BCUT2D eigenvalue weighted by atomic mass is 35.5. The molecular weight excluding hydrogens is 274 g/mol. The number of rotatable bonds is 4. The zero-order chi connectivity index (χ0) is 13.1. The summed E-state index contributed by atoms with van der Waals surface area (Å²) >= 11 is 11.7. The van der Waals surface area contributed by atoms with Crippen LogP contribution in [0.25, 0.3) is 0 Å². The fourth-order valence-electron chi connectivity index (χ4n) is 1.56. The van der Waals surface area contributed by atoms with Crippen LogP contribution in [0.1, 0.15) is 24.9 Å². The zero-order valence-corrected chi connectivity index (χ0v) is 10.6. The highest BCUT2D eigenvalue weighted by Crippen LogP contribution is 2.35. The van der Waals surface area contributed by atoms with Crippen LogP contribution in [-0.4, -0.2) is 12.7 Å². The van der Waals surface area contributed by atoms with E-state index in [1.807, 2.05) is 0 Å². The Labute approximate surface area is 108 Å². The van der Waals surface area contributed by atoms with E-state index in [2.05, 4.69) is 5.32 Å². The van der Waals surface area contributed by atoms with Gasteiger partial charge in [0.1, 0.15) is 0 Å². The van der Waals surface area contributed by atoms with Crippen molar-refractivity contribution in [2.75, 3.05) is 6.54 Å². The maximum absolute atomic E-state index is 12.4. The quantitative estimate of drug-likeness (QED) is 0.853. The summed E-state index contributed by atoms with van der Waals surface area (Å²) in [5.41, 5.74) is 0.373. The maximum atomic E-state index is 12.4. The van der Waals surface area contributed by atoms with E-state index in [0.717, 1.165) is 0 Å². The predicted octanol–water partition coefficient (Wildman–Crippen LogP) is 4.60. The van der Waals surface area contributed by atoms with E-state index >= 15 is 0 Å². The Bertz CT molecular complexity index is 379. The van der Waals surface area contributed by atoms with Crippen LogP contribution in [0.15, 0.2) is 18.2 Å². The van der Waals surface area contributed by atoms with Crippen LogP contribution in [0.3, 0.4) is 0 Å². The molecule has 1 aromatic rings. The molecule has 0 saturated heterocycles. The van der Waals surface area contributed by atoms with Crippen LogP contribution < -0.4 is 5.32 Å². The number of nitrogens with one attached hydrogen (secondary N) is 1. The van der Waals surface area contributed by atoms with Crippen molar-refractivity contribution in [1.29, 1.82) is 0 Å². The molecule has 17 heavy (non-hydrogen) atoms. The lowest BCUT2D eigenvalue weighted by molar-refractivity contribution is -0.140. The lowest BCUT2D eigenvalue weighted by Gasteiger charge is -2.21. The fourth-order valence-corrected chi connectivity index (χ4v) is 2.00. The lowest BCUT2D eigenvalue weighted by Crippen LogP contribution is -2.26. The summed E-state index contributed by atoms with van der Waals surface area (Å²) in [6.07, 6.45) is -5.22. The van der Waals surface area contributed by atoms with E-state index < -0.39 is 18.6 Å². The van der Waals surface area contributed by atoms with Crippen molar-refractivity contribution in [3.05, 3.63) is 33.8 Å². The molecule has 1 nitrogen and oxygen atoms in total. The van der Waals surface area contributed by atoms with E-state index in [1.54, 1.807) is 25.1 Å². The Kier molecular flexibility index (Phi) is 5.10. The molecule has 0 aromatic heterocycles. The van der Waals surface area contributed by atoms with Crippen molar-refractivity contribution >= 4 is 23.2 Å². The number of hydrogen-bond donors (Lipinski definition) is 1. The molecule has 0 aliphatic rings. The van der Waals surface area contributed by atoms with Gasteiger partial charge in [0.25, 0.3) is 0 Å². The average Bonchev–Trinajstić information content (AvgIpc) is 2.19. The summed E-state index contributed by atoms with van der Waals surface area (Å²) in [6.45, 7) is 2.16. The Morgan fingerprint density at radius 2 is 1.94 bits per heavy atom. The van der Waals surface area contributed by atoms with E-state index in [1.165, 1.54) is 0 Å². The minimum absolute atomic E-state index is 0.171. The summed E-state index contributed by atoms with van der Waals surface area (Å²) in [6, 6.07) is 3.81. The minimum Gasteiger partial charge on any atom is -0.310 e. The third-order valence-corrected chi connectivity index (χ3v) is 3.08. The van der Waals surface area contributed by atoms with Crippen LogP contribution in [0.2, 0.25) is 10.0 Å². The van der Waals surface area contributed by atoms with Gasteiger partial charge in [0.05, 0.1) is 16.5 Å². The first-order valence-electron chi connectivity index (χ1n) is 5.09. The van der Waals surface area contributed by atoms with E-state index in [4.69, 9.17) is 23.2 Å². The first-order valence-corrected chi connectivity index (χ1v) is 5.84. The zero-order valence-electron chi connectivity index (χ0n) is 9.11. The topological polar surface area (TPSA) is 12.0 Å². The van der Waals surface area contributed by atoms with Gasteiger partial charge < -0.3 is 5.32 Å². The second-order valence-corrected chi connectivity index (χ2v) is 4.36. The summed E-state index contributed by atoms with van der Waals surface area (Å²) in [5.74, 6) is 0. The minimum atomic E-state index is -4.25. The van der Waals surface area contributed by atoms with E-state index in [0.29, 0.717) is 12.1 Å². The standard InChI is InChI=1S/C11H12Cl2F3N/c1-2-17-9(6-11(14,15)16)7-4-3-5-8(12)10(7)13/h3-5,9,17H,2,6H2,1H3. The molecular formula is C11H12Cl2F3N. The first-order chi connectivity index (χ1) is 7.85. The van der Waals surface area contributed by atoms with Crippen molar-refractivity contribution in [2.24, 2.45) is 0 Å². The molecule has 0 aliphatic heterocycles. The number of benzene rings is 1. The smallest absolute Gasteiger partial charge is 0.310 e. The van der Waals surface area contributed by atoms with Gasteiger partial charge >= 0.3 is 6.18 Å². The lowest BCUT2D eigenvalue weighted by atomic mass is 10.0.